The number of ether oxygens (including phenoxy) is 1. The Bertz CT molecular complexity index is 1170. The molecule has 0 aromatic heterocycles. The van der Waals surface area contributed by atoms with Crippen molar-refractivity contribution < 1.29 is 14.3 Å². The van der Waals surface area contributed by atoms with Crippen LogP contribution in [0.25, 0.3) is 0 Å². The molecule has 2 amide bonds. The summed E-state index contributed by atoms with van der Waals surface area (Å²) in [6.07, 6.45) is 7.65. The molecule has 0 radical (unpaired) electrons. The van der Waals surface area contributed by atoms with E-state index in [1.807, 2.05) is 30.3 Å². The molecule has 2 aromatic rings. The van der Waals surface area contributed by atoms with Crippen molar-refractivity contribution in [3.63, 3.8) is 0 Å². The maximum atomic E-state index is 12.9. The van der Waals surface area contributed by atoms with Gasteiger partial charge in [-0.25, -0.2) is 0 Å². The Labute approximate surface area is 194 Å². The van der Waals surface area contributed by atoms with Crippen molar-refractivity contribution in [1.82, 2.24) is 5.01 Å². The van der Waals surface area contributed by atoms with E-state index in [1.165, 1.54) is 6.21 Å². The molecule has 2 aromatic carbocycles. The molecule has 0 spiro atoms. The van der Waals surface area contributed by atoms with Crippen LogP contribution in [0.4, 0.5) is 0 Å². The highest BCUT2D eigenvalue weighted by molar-refractivity contribution is 9.10. The highest BCUT2D eigenvalue weighted by Gasteiger charge is 2.56. The quantitative estimate of drug-likeness (QED) is 0.353. The highest BCUT2D eigenvalue weighted by Crippen LogP contribution is 2.49. The summed E-state index contributed by atoms with van der Waals surface area (Å²) in [6.45, 7) is 0.270. The molecule has 3 aliphatic carbocycles. The average Bonchev–Trinajstić information content (AvgIpc) is 3.10. The Morgan fingerprint density at radius 2 is 1.78 bits per heavy atom. The molecule has 160 valence electrons. The van der Waals surface area contributed by atoms with Crippen LogP contribution in [0.5, 0.6) is 5.75 Å². The number of imide groups is 1. The smallest absolute Gasteiger partial charge is 0.254 e. The van der Waals surface area contributed by atoms with Crippen molar-refractivity contribution in [2.75, 3.05) is 0 Å². The number of carbonyl (C=O) groups excluding carboxylic acids is 2. The molecule has 6 nitrogen and oxygen atoms in total. The number of hydrogen-bond acceptors (Lipinski definition) is 5. The van der Waals surface area contributed by atoms with Gasteiger partial charge in [0.05, 0.1) is 34.2 Å². The number of halogens is 1. The second-order valence-corrected chi connectivity index (χ2v) is 9.18. The van der Waals surface area contributed by atoms with Crippen molar-refractivity contribution in [2.24, 2.45) is 28.8 Å². The molecule has 0 unspecified atom stereocenters. The van der Waals surface area contributed by atoms with E-state index in [9.17, 15) is 14.9 Å². The topological polar surface area (TPSA) is 82.8 Å². The summed E-state index contributed by atoms with van der Waals surface area (Å²) >= 11 is 3.50. The minimum Gasteiger partial charge on any atom is -0.488 e. The number of carbonyl (C=O) groups is 2. The van der Waals surface area contributed by atoms with Gasteiger partial charge in [-0.05, 0) is 70.4 Å². The third kappa shape index (κ3) is 3.55. The number of amides is 2. The van der Waals surface area contributed by atoms with Gasteiger partial charge in [-0.3, -0.25) is 9.59 Å². The van der Waals surface area contributed by atoms with Gasteiger partial charge in [0.25, 0.3) is 11.8 Å². The summed E-state index contributed by atoms with van der Waals surface area (Å²) in [4.78, 5) is 25.7. The number of hydrogen-bond donors (Lipinski definition) is 0. The molecule has 1 saturated carbocycles. The van der Waals surface area contributed by atoms with Crippen molar-refractivity contribution in [3.05, 3.63) is 75.8 Å². The molecule has 1 heterocycles. The van der Waals surface area contributed by atoms with Crippen LogP contribution in [0.3, 0.4) is 0 Å². The van der Waals surface area contributed by atoms with Gasteiger partial charge in [0.1, 0.15) is 12.4 Å². The molecule has 6 rings (SSSR count). The van der Waals surface area contributed by atoms with Gasteiger partial charge in [-0.1, -0.05) is 30.4 Å². The zero-order valence-corrected chi connectivity index (χ0v) is 18.7. The van der Waals surface area contributed by atoms with Gasteiger partial charge in [-0.2, -0.15) is 15.4 Å². The standard InChI is InChI=1S/C25H20BrN3O3/c26-20-11-15(5-10-21(20)32-14-19-4-2-1-3-18(19)12-27)13-28-29-24(30)22-16-6-7-17(9-8-16)23(22)25(29)31/h1-7,10-11,13,16-17,22-23H,8-9,14H2/b28-13-/t16-,17-,22+,23+/m0/s1. The summed E-state index contributed by atoms with van der Waals surface area (Å²) in [7, 11) is 0. The maximum absolute atomic E-state index is 12.9. The molecule has 4 aliphatic rings. The van der Waals surface area contributed by atoms with E-state index in [4.69, 9.17) is 4.74 Å². The number of fused-ring (bicyclic) bond motifs is 1. The molecule has 1 aliphatic heterocycles. The first-order valence-corrected chi connectivity index (χ1v) is 11.4. The predicted molar refractivity (Wildman–Crippen MR) is 121 cm³/mol. The van der Waals surface area contributed by atoms with Crippen LogP contribution in [-0.4, -0.2) is 23.0 Å². The Balaban J connectivity index is 1.28. The van der Waals surface area contributed by atoms with Crippen LogP contribution in [-0.2, 0) is 16.2 Å². The molecule has 2 fully saturated rings. The summed E-state index contributed by atoms with van der Waals surface area (Å²) in [5, 5.41) is 14.5. The zero-order valence-electron chi connectivity index (χ0n) is 17.1. The van der Waals surface area contributed by atoms with E-state index in [-0.39, 0.29) is 42.1 Å². The van der Waals surface area contributed by atoms with Crippen LogP contribution < -0.4 is 4.74 Å². The average molecular weight is 490 g/mol. The Kier molecular flexibility index (Phi) is 5.40. The zero-order chi connectivity index (χ0) is 22.2. The molecule has 7 heteroatoms. The minimum absolute atomic E-state index is 0.151. The molecule has 32 heavy (non-hydrogen) atoms. The lowest BCUT2D eigenvalue weighted by molar-refractivity contribution is -0.140. The first kappa shape index (κ1) is 20.7. The third-order valence-electron chi connectivity index (χ3n) is 6.54. The summed E-state index contributed by atoms with van der Waals surface area (Å²) in [6, 6.07) is 14.9. The van der Waals surface area contributed by atoms with Gasteiger partial charge in [0.2, 0.25) is 0 Å². The second-order valence-electron chi connectivity index (χ2n) is 8.32. The number of benzene rings is 2. The van der Waals surface area contributed by atoms with Gasteiger partial charge in [0.15, 0.2) is 0 Å². The maximum Gasteiger partial charge on any atom is 0.254 e. The van der Waals surface area contributed by atoms with Crippen LogP contribution in [0, 0.1) is 35.0 Å². The van der Waals surface area contributed by atoms with E-state index in [0.717, 1.165) is 29.0 Å². The lowest BCUT2D eigenvalue weighted by Crippen LogP contribution is -2.38. The third-order valence-corrected chi connectivity index (χ3v) is 7.15. The lowest BCUT2D eigenvalue weighted by Gasteiger charge is -2.37. The number of rotatable bonds is 5. The van der Waals surface area contributed by atoms with E-state index >= 15 is 0 Å². The second kappa shape index (κ2) is 8.36. The van der Waals surface area contributed by atoms with Gasteiger partial charge >= 0.3 is 0 Å². The molecule has 2 bridgehead atoms. The van der Waals surface area contributed by atoms with Gasteiger partial charge in [-0.15, -0.1) is 0 Å². The molecule has 0 N–H and O–H groups in total. The van der Waals surface area contributed by atoms with Crippen molar-refractivity contribution >= 4 is 34.0 Å². The van der Waals surface area contributed by atoms with Gasteiger partial charge in [0, 0.05) is 5.56 Å². The number of nitrogens with zero attached hydrogens (tertiary/aromatic N) is 3. The Morgan fingerprint density at radius 1 is 1.09 bits per heavy atom. The number of allylic oxidation sites excluding steroid dienone is 2. The minimum atomic E-state index is -0.262. The van der Waals surface area contributed by atoms with Gasteiger partial charge < -0.3 is 4.74 Å². The predicted octanol–water partition coefficient (Wildman–Crippen LogP) is 4.43. The van der Waals surface area contributed by atoms with Crippen molar-refractivity contribution in [3.8, 4) is 11.8 Å². The Morgan fingerprint density at radius 3 is 2.41 bits per heavy atom. The van der Waals surface area contributed by atoms with Crippen LogP contribution in [0.1, 0.15) is 29.5 Å². The number of nitriles is 1. The SMILES string of the molecule is N#Cc1ccccc1COc1ccc(/C=N\N2C(=O)[C@H]3[C@H](C2=O)[C@H]2C=C[C@H]3CC2)cc1Br. The first-order chi connectivity index (χ1) is 15.6. The van der Waals surface area contributed by atoms with E-state index in [0.29, 0.717) is 15.8 Å². The monoisotopic (exact) mass is 489 g/mol. The fraction of sp³-hybridized carbons (Fsp3) is 0.280. The fourth-order valence-electron chi connectivity index (χ4n) is 4.92. The summed E-state index contributed by atoms with van der Waals surface area (Å²) in [5.74, 6) is 0.0222. The van der Waals surface area contributed by atoms with Crippen molar-refractivity contribution in [1.29, 1.82) is 5.26 Å². The van der Waals surface area contributed by atoms with E-state index in [1.54, 1.807) is 12.1 Å². The largest absolute Gasteiger partial charge is 0.488 e. The van der Waals surface area contributed by atoms with Crippen LogP contribution >= 0.6 is 15.9 Å². The van der Waals surface area contributed by atoms with E-state index < -0.39 is 0 Å². The summed E-state index contributed by atoms with van der Waals surface area (Å²) in [5.41, 5.74) is 2.12. The number of hydrazone groups is 1. The normalized spacial score (nSPS) is 25.9. The van der Waals surface area contributed by atoms with E-state index in [2.05, 4.69) is 39.3 Å². The molecular formula is C25H20BrN3O3. The summed E-state index contributed by atoms with van der Waals surface area (Å²) < 4.78 is 6.57. The molecule has 1 saturated heterocycles. The fourth-order valence-corrected chi connectivity index (χ4v) is 5.43. The van der Waals surface area contributed by atoms with Crippen LogP contribution in [0.15, 0.2) is 64.2 Å². The van der Waals surface area contributed by atoms with Crippen LogP contribution in [0.2, 0.25) is 0 Å². The highest BCUT2D eigenvalue weighted by atomic mass is 79.9. The Hall–Kier alpha value is -3.24. The first-order valence-electron chi connectivity index (χ1n) is 10.6. The van der Waals surface area contributed by atoms with Crippen molar-refractivity contribution in [2.45, 2.75) is 19.4 Å². The molecule has 4 atom stereocenters. The molecular weight excluding hydrogens is 470 g/mol. The lowest BCUT2D eigenvalue weighted by atomic mass is 9.63.